The monoisotopic (exact) mass is 290 g/mol. The minimum atomic E-state index is 0.0820. The molecule has 1 aromatic rings. The topological polar surface area (TPSA) is 55.6 Å². The third kappa shape index (κ3) is 4.46. The number of likely N-dealkylation sites (tertiary alicyclic amines) is 1. The molecule has 2 rings (SSSR count). The largest absolute Gasteiger partial charge is 0.483 e. The van der Waals surface area contributed by atoms with E-state index in [2.05, 4.69) is 6.92 Å². The molecule has 21 heavy (non-hydrogen) atoms. The van der Waals surface area contributed by atoms with Crippen LogP contribution in [0.2, 0.25) is 0 Å². The van der Waals surface area contributed by atoms with Gasteiger partial charge in [0, 0.05) is 25.2 Å². The Bertz CT molecular complexity index is 462. The van der Waals surface area contributed by atoms with E-state index >= 15 is 0 Å². The first-order valence-electron chi connectivity index (χ1n) is 7.93. The van der Waals surface area contributed by atoms with Gasteiger partial charge in [-0.3, -0.25) is 4.79 Å². The van der Waals surface area contributed by atoms with Gasteiger partial charge in [-0.05, 0) is 31.2 Å². The van der Waals surface area contributed by atoms with Crippen LogP contribution in [0, 0.1) is 5.92 Å². The summed E-state index contributed by atoms with van der Waals surface area (Å²) in [4.78, 5) is 14.2. The molecule has 1 unspecified atom stereocenters. The number of amides is 1. The SMILES string of the molecule is CCC1CCCN(C(=O)COc2ccccc2CN)CC1. The van der Waals surface area contributed by atoms with E-state index in [9.17, 15) is 4.79 Å². The van der Waals surface area contributed by atoms with Crippen molar-refractivity contribution in [3.8, 4) is 5.75 Å². The van der Waals surface area contributed by atoms with Crippen LogP contribution in [0.25, 0.3) is 0 Å². The predicted octanol–water partition coefficient (Wildman–Crippen LogP) is 2.56. The summed E-state index contributed by atoms with van der Waals surface area (Å²) >= 11 is 0. The summed E-state index contributed by atoms with van der Waals surface area (Å²) in [5.74, 6) is 1.56. The average molecular weight is 290 g/mol. The van der Waals surface area contributed by atoms with Crippen LogP contribution in [-0.2, 0) is 11.3 Å². The van der Waals surface area contributed by atoms with Crippen LogP contribution in [0.15, 0.2) is 24.3 Å². The highest BCUT2D eigenvalue weighted by atomic mass is 16.5. The molecule has 1 aliphatic heterocycles. The zero-order valence-corrected chi connectivity index (χ0v) is 12.9. The first kappa shape index (κ1) is 15.8. The molecule has 0 bridgehead atoms. The lowest BCUT2D eigenvalue weighted by Crippen LogP contribution is -2.35. The molecule has 2 N–H and O–H groups in total. The van der Waals surface area contributed by atoms with E-state index in [0.717, 1.165) is 43.2 Å². The number of carbonyl (C=O) groups excluding carboxylic acids is 1. The second-order valence-electron chi connectivity index (χ2n) is 5.69. The standard InChI is InChI=1S/C17H26N2O2/c1-2-14-6-5-10-19(11-9-14)17(20)13-21-16-8-4-3-7-15(16)12-18/h3-4,7-8,14H,2,5-6,9-13,18H2,1H3. The fourth-order valence-electron chi connectivity index (χ4n) is 2.87. The Morgan fingerprint density at radius 1 is 1.33 bits per heavy atom. The summed E-state index contributed by atoms with van der Waals surface area (Å²) in [6.07, 6.45) is 4.66. The highest BCUT2D eigenvalue weighted by Gasteiger charge is 2.20. The molecule has 1 aromatic carbocycles. The first-order chi connectivity index (χ1) is 10.2. The number of nitrogens with two attached hydrogens (primary N) is 1. The Hall–Kier alpha value is -1.55. The van der Waals surface area contributed by atoms with Gasteiger partial charge in [0.05, 0.1) is 0 Å². The number of carbonyl (C=O) groups is 1. The van der Waals surface area contributed by atoms with E-state index in [1.54, 1.807) is 0 Å². The number of benzene rings is 1. The van der Waals surface area contributed by atoms with E-state index in [1.807, 2.05) is 29.2 Å². The maximum Gasteiger partial charge on any atom is 0.260 e. The summed E-state index contributed by atoms with van der Waals surface area (Å²) < 4.78 is 5.67. The van der Waals surface area contributed by atoms with Crippen LogP contribution in [-0.4, -0.2) is 30.5 Å². The molecular formula is C17H26N2O2. The fraction of sp³-hybridized carbons (Fsp3) is 0.588. The summed E-state index contributed by atoms with van der Waals surface area (Å²) in [5, 5.41) is 0. The van der Waals surface area contributed by atoms with Crippen molar-refractivity contribution in [2.45, 2.75) is 39.2 Å². The molecule has 4 nitrogen and oxygen atoms in total. The van der Waals surface area contributed by atoms with Gasteiger partial charge in [-0.2, -0.15) is 0 Å². The number of rotatable bonds is 5. The molecule has 116 valence electrons. The number of nitrogens with zero attached hydrogens (tertiary/aromatic N) is 1. The average Bonchev–Trinajstić information content (AvgIpc) is 2.78. The van der Waals surface area contributed by atoms with Crippen LogP contribution in [0.3, 0.4) is 0 Å². The van der Waals surface area contributed by atoms with Crippen molar-refractivity contribution >= 4 is 5.91 Å². The Morgan fingerprint density at radius 3 is 2.90 bits per heavy atom. The first-order valence-corrected chi connectivity index (χ1v) is 7.93. The summed E-state index contributed by atoms with van der Waals surface area (Å²) in [5.41, 5.74) is 6.61. The molecule has 0 radical (unpaired) electrons. The lowest BCUT2D eigenvalue weighted by molar-refractivity contribution is -0.133. The summed E-state index contributed by atoms with van der Waals surface area (Å²) in [7, 11) is 0. The number of para-hydroxylation sites is 1. The van der Waals surface area contributed by atoms with E-state index in [4.69, 9.17) is 10.5 Å². The normalized spacial score (nSPS) is 19.1. The highest BCUT2D eigenvalue weighted by Crippen LogP contribution is 2.21. The van der Waals surface area contributed by atoms with E-state index < -0.39 is 0 Å². The lowest BCUT2D eigenvalue weighted by atomic mass is 9.98. The quantitative estimate of drug-likeness (QED) is 0.906. The maximum atomic E-state index is 12.3. The third-order valence-electron chi connectivity index (χ3n) is 4.32. The van der Waals surface area contributed by atoms with Gasteiger partial charge >= 0.3 is 0 Å². The minimum Gasteiger partial charge on any atom is -0.483 e. The molecule has 0 aliphatic carbocycles. The van der Waals surface area contributed by atoms with Crippen molar-refractivity contribution in [3.63, 3.8) is 0 Å². The molecule has 0 saturated carbocycles. The van der Waals surface area contributed by atoms with E-state index in [-0.39, 0.29) is 12.5 Å². The Kier molecular flexibility index (Phi) is 6.05. The predicted molar refractivity (Wildman–Crippen MR) is 84.0 cm³/mol. The highest BCUT2D eigenvalue weighted by molar-refractivity contribution is 5.77. The van der Waals surface area contributed by atoms with Gasteiger partial charge in [0.2, 0.25) is 0 Å². The molecule has 1 atom stereocenters. The Balaban J connectivity index is 1.86. The minimum absolute atomic E-state index is 0.0820. The van der Waals surface area contributed by atoms with Crippen LogP contribution < -0.4 is 10.5 Å². The van der Waals surface area contributed by atoms with Crippen molar-refractivity contribution in [2.24, 2.45) is 11.7 Å². The van der Waals surface area contributed by atoms with Crippen molar-refractivity contribution < 1.29 is 9.53 Å². The molecular weight excluding hydrogens is 264 g/mol. The zero-order chi connectivity index (χ0) is 15.1. The van der Waals surface area contributed by atoms with Gasteiger partial charge in [-0.25, -0.2) is 0 Å². The molecule has 1 amide bonds. The van der Waals surface area contributed by atoms with Crippen LogP contribution >= 0.6 is 0 Å². The number of hydrogen-bond donors (Lipinski definition) is 1. The Morgan fingerprint density at radius 2 is 2.14 bits per heavy atom. The maximum absolute atomic E-state index is 12.3. The molecule has 1 heterocycles. The summed E-state index contributed by atoms with van der Waals surface area (Å²) in [6, 6.07) is 7.62. The molecule has 1 aliphatic rings. The van der Waals surface area contributed by atoms with Crippen molar-refractivity contribution in [3.05, 3.63) is 29.8 Å². The van der Waals surface area contributed by atoms with Crippen LogP contribution in [0.5, 0.6) is 5.75 Å². The van der Waals surface area contributed by atoms with E-state index in [0.29, 0.717) is 6.54 Å². The molecule has 1 fully saturated rings. The molecule has 0 spiro atoms. The number of hydrogen-bond acceptors (Lipinski definition) is 3. The molecule has 1 saturated heterocycles. The van der Waals surface area contributed by atoms with E-state index in [1.165, 1.54) is 12.8 Å². The van der Waals surface area contributed by atoms with Gasteiger partial charge < -0.3 is 15.4 Å². The van der Waals surface area contributed by atoms with Crippen molar-refractivity contribution in [1.82, 2.24) is 4.90 Å². The van der Waals surface area contributed by atoms with Gasteiger partial charge in [-0.1, -0.05) is 31.5 Å². The van der Waals surface area contributed by atoms with Gasteiger partial charge in [0.1, 0.15) is 5.75 Å². The van der Waals surface area contributed by atoms with Gasteiger partial charge in [0.15, 0.2) is 6.61 Å². The second kappa shape index (κ2) is 8.03. The van der Waals surface area contributed by atoms with Crippen molar-refractivity contribution in [2.75, 3.05) is 19.7 Å². The smallest absolute Gasteiger partial charge is 0.260 e. The molecule has 0 aromatic heterocycles. The summed E-state index contributed by atoms with van der Waals surface area (Å²) in [6.45, 7) is 4.48. The molecule has 4 heteroatoms. The van der Waals surface area contributed by atoms with Crippen LogP contribution in [0.4, 0.5) is 0 Å². The van der Waals surface area contributed by atoms with Gasteiger partial charge in [-0.15, -0.1) is 0 Å². The lowest BCUT2D eigenvalue weighted by Gasteiger charge is -2.21. The zero-order valence-electron chi connectivity index (χ0n) is 12.9. The third-order valence-corrected chi connectivity index (χ3v) is 4.32. The second-order valence-corrected chi connectivity index (χ2v) is 5.69. The fourth-order valence-corrected chi connectivity index (χ4v) is 2.87. The number of ether oxygens (including phenoxy) is 1. The van der Waals surface area contributed by atoms with Gasteiger partial charge in [0.25, 0.3) is 5.91 Å². The van der Waals surface area contributed by atoms with Crippen molar-refractivity contribution in [1.29, 1.82) is 0 Å². The van der Waals surface area contributed by atoms with Crippen LogP contribution in [0.1, 0.15) is 38.2 Å². The Labute approximate surface area is 127 Å².